The largest absolute Gasteiger partial charge is 0.294 e. The third-order valence-electron chi connectivity index (χ3n) is 3.01. The molecule has 3 nitrogen and oxygen atoms in total. The van der Waals surface area contributed by atoms with Gasteiger partial charge in [-0.1, -0.05) is 20.8 Å². The molecule has 0 atom stereocenters. The molecule has 0 radical (unpaired) electrons. The van der Waals surface area contributed by atoms with Crippen molar-refractivity contribution in [2.75, 3.05) is 11.5 Å². The maximum Gasteiger partial charge on any atom is 0.163 e. The first-order valence-electron chi connectivity index (χ1n) is 6.82. The molecule has 0 unspecified atom stereocenters. The molecular weight excluding hydrogens is 244 g/mol. The Balaban J connectivity index is 2.87. The van der Waals surface area contributed by atoms with E-state index >= 15 is 0 Å². The molecule has 102 valence electrons. The highest BCUT2D eigenvalue weighted by Crippen LogP contribution is 2.17. The molecule has 0 aliphatic rings. The van der Waals surface area contributed by atoms with Crippen LogP contribution in [0, 0.1) is 0 Å². The maximum atomic E-state index is 11.7. The zero-order chi connectivity index (χ0) is 13.5. The SMILES string of the molecule is CCSCCCn1nc(CC)c(C(C)=O)c1CC. The van der Waals surface area contributed by atoms with Gasteiger partial charge in [0.1, 0.15) is 0 Å². The van der Waals surface area contributed by atoms with Crippen molar-refractivity contribution in [3.8, 4) is 0 Å². The third-order valence-corrected chi connectivity index (χ3v) is 4.00. The monoisotopic (exact) mass is 268 g/mol. The summed E-state index contributed by atoms with van der Waals surface area (Å²) in [6, 6.07) is 0. The maximum absolute atomic E-state index is 11.7. The highest BCUT2D eigenvalue weighted by molar-refractivity contribution is 7.99. The van der Waals surface area contributed by atoms with Crippen LogP contribution in [0.4, 0.5) is 0 Å². The predicted molar refractivity (Wildman–Crippen MR) is 78.6 cm³/mol. The number of Topliss-reactive ketones (excluding diaryl/α,β-unsaturated/α-hetero) is 1. The van der Waals surface area contributed by atoms with Crippen molar-refractivity contribution in [1.82, 2.24) is 9.78 Å². The Morgan fingerprint density at radius 3 is 2.50 bits per heavy atom. The van der Waals surface area contributed by atoms with Crippen molar-refractivity contribution >= 4 is 17.5 Å². The number of aryl methyl sites for hydroxylation is 2. The summed E-state index contributed by atoms with van der Waals surface area (Å²) in [4.78, 5) is 11.7. The first-order valence-corrected chi connectivity index (χ1v) is 7.98. The average molecular weight is 268 g/mol. The lowest BCUT2D eigenvalue weighted by molar-refractivity contribution is 0.101. The molecule has 1 aromatic rings. The second kappa shape index (κ2) is 7.62. The number of hydrogen-bond donors (Lipinski definition) is 0. The van der Waals surface area contributed by atoms with Gasteiger partial charge in [-0.25, -0.2) is 0 Å². The van der Waals surface area contributed by atoms with E-state index in [0.717, 1.165) is 48.5 Å². The summed E-state index contributed by atoms with van der Waals surface area (Å²) in [6.45, 7) is 8.91. The Morgan fingerprint density at radius 2 is 2.00 bits per heavy atom. The van der Waals surface area contributed by atoms with Gasteiger partial charge in [0.25, 0.3) is 0 Å². The fourth-order valence-corrected chi connectivity index (χ4v) is 2.83. The van der Waals surface area contributed by atoms with Crippen LogP contribution in [0.3, 0.4) is 0 Å². The Morgan fingerprint density at radius 1 is 1.28 bits per heavy atom. The van der Waals surface area contributed by atoms with E-state index in [9.17, 15) is 4.79 Å². The Bertz CT molecular complexity index is 399. The standard InChI is InChI=1S/C14H24N2OS/c1-5-12-14(11(4)17)13(6-2)16(15-12)9-8-10-18-7-3/h5-10H2,1-4H3. The molecule has 1 heterocycles. The Hall–Kier alpha value is -0.770. The zero-order valence-corrected chi connectivity index (χ0v) is 12.8. The van der Waals surface area contributed by atoms with Crippen molar-refractivity contribution in [2.24, 2.45) is 0 Å². The lowest BCUT2D eigenvalue weighted by Gasteiger charge is -2.06. The number of ketones is 1. The first kappa shape index (κ1) is 15.3. The highest BCUT2D eigenvalue weighted by Gasteiger charge is 2.18. The van der Waals surface area contributed by atoms with E-state index in [2.05, 4.69) is 25.9 Å². The van der Waals surface area contributed by atoms with Crippen LogP contribution in [0.15, 0.2) is 0 Å². The minimum atomic E-state index is 0.151. The van der Waals surface area contributed by atoms with Crippen molar-refractivity contribution < 1.29 is 4.79 Å². The van der Waals surface area contributed by atoms with Gasteiger partial charge in [-0.3, -0.25) is 9.48 Å². The molecule has 0 fully saturated rings. The molecular formula is C14H24N2OS. The molecule has 18 heavy (non-hydrogen) atoms. The second-order valence-electron chi connectivity index (χ2n) is 4.31. The summed E-state index contributed by atoms with van der Waals surface area (Å²) < 4.78 is 2.05. The number of nitrogens with zero attached hydrogens (tertiary/aromatic N) is 2. The molecule has 4 heteroatoms. The van der Waals surface area contributed by atoms with E-state index in [-0.39, 0.29) is 5.78 Å². The summed E-state index contributed by atoms with van der Waals surface area (Å²) in [5.41, 5.74) is 2.94. The van der Waals surface area contributed by atoms with E-state index < -0.39 is 0 Å². The van der Waals surface area contributed by atoms with Gasteiger partial charge in [-0.2, -0.15) is 16.9 Å². The van der Waals surface area contributed by atoms with Gasteiger partial charge >= 0.3 is 0 Å². The highest BCUT2D eigenvalue weighted by atomic mass is 32.2. The smallest absolute Gasteiger partial charge is 0.163 e. The first-order chi connectivity index (χ1) is 8.65. The zero-order valence-electron chi connectivity index (χ0n) is 12.0. The molecule has 1 aromatic heterocycles. The van der Waals surface area contributed by atoms with E-state index in [0.29, 0.717) is 0 Å². The van der Waals surface area contributed by atoms with Gasteiger partial charge in [0.15, 0.2) is 5.78 Å². The van der Waals surface area contributed by atoms with Crippen LogP contribution in [0.25, 0.3) is 0 Å². The second-order valence-corrected chi connectivity index (χ2v) is 5.70. The quantitative estimate of drug-likeness (QED) is 0.535. The van der Waals surface area contributed by atoms with E-state index in [1.807, 2.05) is 16.4 Å². The molecule has 0 saturated heterocycles. The summed E-state index contributed by atoms with van der Waals surface area (Å²) in [5.74, 6) is 2.48. The molecule has 0 aliphatic heterocycles. The molecule has 0 aliphatic carbocycles. The van der Waals surface area contributed by atoms with Gasteiger partial charge < -0.3 is 0 Å². The van der Waals surface area contributed by atoms with Crippen molar-refractivity contribution in [1.29, 1.82) is 0 Å². The topological polar surface area (TPSA) is 34.9 Å². The van der Waals surface area contributed by atoms with E-state index in [4.69, 9.17) is 0 Å². The fourth-order valence-electron chi connectivity index (χ4n) is 2.21. The van der Waals surface area contributed by atoms with Gasteiger partial charge in [0.2, 0.25) is 0 Å². The lowest BCUT2D eigenvalue weighted by Crippen LogP contribution is -2.07. The van der Waals surface area contributed by atoms with Crippen molar-refractivity contribution in [3.63, 3.8) is 0 Å². The lowest BCUT2D eigenvalue weighted by atomic mass is 10.1. The number of carbonyl (C=O) groups excluding carboxylic acids is 1. The summed E-state index contributed by atoms with van der Waals surface area (Å²) in [7, 11) is 0. The summed E-state index contributed by atoms with van der Waals surface area (Å²) in [6.07, 6.45) is 2.83. The number of aromatic nitrogens is 2. The van der Waals surface area contributed by atoms with Crippen LogP contribution in [-0.2, 0) is 19.4 Å². The van der Waals surface area contributed by atoms with Crippen LogP contribution in [0.5, 0.6) is 0 Å². The Kier molecular flexibility index (Phi) is 6.47. The number of carbonyl (C=O) groups is 1. The van der Waals surface area contributed by atoms with Gasteiger partial charge in [-0.05, 0) is 37.7 Å². The number of thioether (sulfide) groups is 1. The molecule has 0 aromatic carbocycles. The van der Waals surface area contributed by atoms with Gasteiger partial charge in [0.05, 0.1) is 11.3 Å². The van der Waals surface area contributed by atoms with Crippen LogP contribution in [-0.4, -0.2) is 27.1 Å². The summed E-state index contributed by atoms with van der Waals surface area (Å²) in [5, 5.41) is 4.60. The molecule has 0 saturated carbocycles. The van der Waals surface area contributed by atoms with Crippen LogP contribution in [0.2, 0.25) is 0 Å². The van der Waals surface area contributed by atoms with Crippen LogP contribution >= 0.6 is 11.8 Å². The average Bonchev–Trinajstić information content (AvgIpc) is 2.72. The molecule has 0 amide bonds. The normalized spacial score (nSPS) is 10.9. The van der Waals surface area contributed by atoms with Gasteiger partial charge in [0, 0.05) is 12.2 Å². The fraction of sp³-hybridized carbons (Fsp3) is 0.714. The van der Waals surface area contributed by atoms with Crippen molar-refractivity contribution in [3.05, 3.63) is 17.0 Å². The third kappa shape index (κ3) is 3.61. The molecule has 0 N–H and O–H groups in total. The minimum Gasteiger partial charge on any atom is -0.294 e. The molecule has 1 rings (SSSR count). The minimum absolute atomic E-state index is 0.151. The number of hydrogen-bond acceptors (Lipinski definition) is 3. The summed E-state index contributed by atoms with van der Waals surface area (Å²) >= 11 is 1.96. The van der Waals surface area contributed by atoms with E-state index in [1.165, 1.54) is 5.75 Å². The molecule has 0 bridgehead atoms. The van der Waals surface area contributed by atoms with Gasteiger partial charge in [-0.15, -0.1) is 0 Å². The van der Waals surface area contributed by atoms with E-state index in [1.54, 1.807) is 6.92 Å². The van der Waals surface area contributed by atoms with Crippen LogP contribution < -0.4 is 0 Å². The predicted octanol–water partition coefficient (Wildman–Crippen LogP) is 3.35. The van der Waals surface area contributed by atoms with Crippen molar-refractivity contribution in [2.45, 2.75) is 53.5 Å². The number of rotatable bonds is 8. The Labute approximate surface area is 114 Å². The van der Waals surface area contributed by atoms with Crippen LogP contribution in [0.1, 0.15) is 55.9 Å². The molecule has 0 spiro atoms.